The number of halogens is 2. The average molecular weight is 339 g/mol. The van der Waals surface area contributed by atoms with Crippen molar-refractivity contribution in [1.82, 2.24) is 0 Å². The Bertz CT molecular complexity index is 593. The molecule has 0 fully saturated rings. The molecule has 0 saturated carbocycles. The van der Waals surface area contributed by atoms with Crippen LogP contribution in [0.2, 0.25) is 0 Å². The summed E-state index contributed by atoms with van der Waals surface area (Å²) in [5.41, 5.74) is 1.61. The standard InChI is InChI=1S/C15H12BrFOS/c1-10(18)12-3-2-4-15(7-12)19-9-11-5-13(16)8-14(17)6-11/h2-8H,9H2,1H3. The lowest BCUT2D eigenvalue weighted by Crippen LogP contribution is -1.91. The number of hydrogen-bond donors (Lipinski definition) is 0. The number of ketones is 1. The van der Waals surface area contributed by atoms with Gasteiger partial charge in [0.2, 0.25) is 0 Å². The van der Waals surface area contributed by atoms with Crippen molar-refractivity contribution >= 4 is 33.5 Å². The molecule has 4 heteroatoms. The van der Waals surface area contributed by atoms with Crippen molar-refractivity contribution in [3.63, 3.8) is 0 Å². The van der Waals surface area contributed by atoms with Crippen LogP contribution in [0.5, 0.6) is 0 Å². The van der Waals surface area contributed by atoms with Crippen LogP contribution in [0.25, 0.3) is 0 Å². The number of Topliss-reactive ketones (excluding diaryl/α,β-unsaturated/α-hetero) is 1. The van der Waals surface area contributed by atoms with Crippen LogP contribution in [0, 0.1) is 5.82 Å². The van der Waals surface area contributed by atoms with E-state index in [2.05, 4.69) is 15.9 Å². The quantitative estimate of drug-likeness (QED) is 0.571. The normalized spacial score (nSPS) is 10.5. The van der Waals surface area contributed by atoms with Crippen molar-refractivity contribution in [3.8, 4) is 0 Å². The van der Waals surface area contributed by atoms with Gasteiger partial charge in [-0.3, -0.25) is 4.79 Å². The number of benzene rings is 2. The number of hydrogen-bond acceptors (Lipinski definition) is 2. The predicted octanol–water partition coefficient (Wildman–Crippen LogP) is 5.08. The van der Waals surface area contributed by atoms with Gasteiger partial charge in [0.05, 0.1) is 0 Å². The van der Waals surface area contributed by atoms with Gasteiger partial charge in [-0.15, -0.1) is 11.8 Å². The fourth-order valence-electron chi connectivity index (χ4n) is 1.67. The van der Waals surface area contributed by atoms with E-state index in [1.165, 1.54) is 12.1 Å². The van der Waals surface area contributed by atoms with Crippen LogP contribution < -0.4 is 0 Å². The van der Waals surface area contributed by atoms with E-state index in [4.69, 9.17) is 0 Å². The average Bonchev–Trinajstić information content (AvgIpc) is 2.35. The summed E-state index contributed by atoms with van der Waals surface area (Å²) < 4.78 is 14.0. The Hall–Kier alpha value is -1.13. The van der Waals surface area contributed by atoms with E-state index in [0.29, 0.717) is 11.3 Å². The summed E-state index contributed by atoms with van der Waals surface area (Å²) in [6.45, 7) is 1.55. The van der Waals surface area contributed by atoms with Gasteiger partial charge in [0.25, 0.3) is 0 Å². The molecule has 2 aromatic rings. The number of carbonyl (C=O) groups is 1. The van der Waals surface area contributed by atoms with Crippen LogP contribution in [0.4, 0.5) is 4.39 Å². The van der Waals surface area contributed by atoms with Crippen molar-refractivity contribution in [2.24, 2.45) is 0 Å². The maximum atomic E-state index is 13.2. The summed E-state index contributed by atoms with van der Waals surface area (Å²) in [6.07, 6.45) is 0. The smallest absolute Gasteiger partial charge is 0.159 e. The molecule has 2 aromatic carbocycles. The van der Waals surface area contributed by atoms with E-state index in [9.17, 15) is 9.18 Å². The minimum atomic E-state index is -0.248. The van der Waals surface area contributed by atoms with E-state index in [1.54, 1.807) is 24.8 Å². The maximum Gasteiger partial charge on any atom is 0.159 e. The first kappa shape index (κ1) is 14.3. The van der Waals surface area contributed by atoms with Crippen LogP contribution in [0.1, 0.15) is 22.8 Å². The predicted molar refractivity (Wildman–Crippen MR) is 80.1 cm³/mol. The number of thioether (sulfide) groups is 1. The van der Waals surface area contributed by atoms with E-state index < -0.39 is 0 Å². The Morgan fingerprint density at radius 3 is 2.74 bits per heavy atom. The third-order valence-electron chi connectivity index (χ3n) is 2.57. The fraction of sp³-hybridized carbons (Fsp3) is 0.133. The van der Waals surface area contributed by atoms with Crippen LogP contribution >= 0.6 is 27.7 Å². The monoisotopic (exact) mass is 338 g/mol. The van der Waals surface area contributed by atoms with Crippen molar-refractivity contribution in [2.75, 3.05) is 0 Å². The molecule has 0 atom stereocenters. The molecular formula is C15H12BrFOS. The zero-order chi connectivity index (χ0) is 13.8. The van der Waals surface area contributed by atoms with E-state index in [1.807, 2.05) is 24.3 Å². The van der Waals surface area contributed by atoms with Gasteiger partial charge in [-0.05, 0) is 42.8 Å². The second-order valence-corrected chi connectivity index (χ2v) is 6.11. The topological polar surface area (TPSA) is 17.1 Å². The van der Waals surface area contributed by atoms with Gasteiger partial charge in [0.1, 0.15) is 5.82 Å². The van der Waals surface area contributed by atoms with Crippen LogP contribution in [-0.2, 0) is 5.75 Å². The number of carbonyl (C=O) groups excluding carboxylic acids is 1. The van der Waals surface area contributed by atoms with E-state index in [-0.39, 0.29) is 11.6 Å². The molecule has 0 radical (unpaired) electrons. The fourth-order valence-corrected chi connectivity index (χ4v) is 3.06. The number of rotatable bonds is 4. The molecule has 0 unspecified atom stereocenters. The van der Waals surface area contributed by atoms with E-state index >= 15 is 0 Å². The first-order valence-electron chi connectivity index (χ1n) is 5.73. The van der Waals surface area contributed by atoms with Crippen molar-refractivity contribution in [2.45, 2.75) is 17.6 Å². The van der Waals surface area contributed by atoms with Crippen LogP contribution in [-0.4, -0.2) is 5.78 Å². The molecule has 0 heterocycles. The Labute approximate surface area is 124 Å². The lowest BCUT2D eigenvalue weighted by molar-refractivity contribution is 0.101. The molecule has 0 aliphatic rings. The van der Waals surface area contributed by atoms with Gasteiger partial charge in [0, 0.05) is 20.7 Å². The first-order chi connectivity index (χ1) is 9.04. The van der Waals surface area contributed by atoms with Crippen molar-refractivity contribution in [1.29, 1.82) is 0 Å². The molecular weight excluding hydrogens is 327 g/mol. The van der Waals surface area contributed by atoms with E-state index in [0.717, 1.165) is 14.9 Å². The summed E-state index contributed by atoms with van der Waals surface area (Å²) in [5.74, 6) is 0.468. The lowest BCUT2D eigenvalue weighted by Gasteiger charge is -2.04. The molecule has 2 rings (SSSR count). The molecule has 0 aliphatic heterocycles. The molecule has 0 spiro atoms. The Balaban J connectivity index is 2.10. The van der Waals surface area contributed by atoms with Crippen molar-refractivity contribution < 1.29 is 9.18 Å². The third-order valence-corrected chi connectivity index (χ3v) is 4.09. The highest BCUT2D eigenvalue weighted by Gasteiger charge is 2.03. The minimum absolute atomic E-state index is 0.0518. The second-order valence-electron chi connectivity index (χ2n) is 4.15. The first-order valence-corrected chi connectivity index (χ1v) is 7.51. The summed E-state index contributed by atoms with van der Waals surface area (Å²) >= 11 is 4.86. The summed E-state index contributed by atoms with van der Waals surface area (Å²) in [7, 11) is 0. The molecule has 0 amide bonds. The molecule has 1 nitrogen and oxygen atoms in total. The molecule has 0 aromatic heterocycles. The maximum absolute atomic E-state index is 13.2. The minimum Gasteiger partial charge on any atom is -0.295 e. The summed E-state index contributed by atoms with van der Waals surface area (Å²) in [6, 6.07) is 12.3. The SMILES string of the molecule is CC(=O)c1cccc(SCc2cc(F)cc(Br)c2)c1. The lowest BCUT2D eigenvalue weighted by atomic mass is 10.2. The summed E-state index contributed by atoms with van der Waals surface area (Å²) in [4.78, 5) is 12.3. The van der Waals surface area contributed by atoms with Crippen LogP contribution in [0.3, 0.4) is 0 Å². The molecule has 19 heavy (non-hydrogen) atoms. The van der Waals surface area contributed by atoms with Crippen molar-refractivity contribution in [3.05, 3.63) is 63.9 Å². The zero-order valence-electron chi connectivity index (χ0n) is 10.3. The van der Waals surface area contributed by atoms with Crippen LogP contribution in [0.15, 0.2) is 51.8 Å². The van der Waals surface area contributed by atoms with Gasteiger partial charge in [-0.2, -0.15) is 0 Å². The third kappa shape index (κ3) is 4.18. The van der Waals surface area contributed by atoms with Gasteiger partial charge in [-0.25, -0.2) is 4.39 Å². The van der Waals surface area contributed by atoms with Gasteiger partial charge in [0.15, 0.2) is 5.78 Å². The zero-order valence-corrected chi connectivity index (χ0v) is 12.7. The van der Waals surface area contributed by atoms with Gasteiger partial charge < -0.3 is 0 Å². The Morgan fingerprint density at radius 2 is 2.05 bits per heavy atom. The summed E-state index contributed by atoms with van der Waals surface area (Å²) in [5, 5.41) is 0. The molecule has 0 aliphatic carbocycles. The largest absolute Gasteiger partial charge is 0.295 e. The van der Waals surface area contributed by atoms with Gasteiger partial charge >= 0.3 is 0 Å². The highest BCUT2D eigenvalue weighted by molar-refractivity contribution is 9.10. The highest BCUT2D eigenvalue weighted by atomic mass is 79.9. The molecule has 98 valence electrons. The van der Waals surface area contributed by atoms with Gasteiger partial charge in [-0.1, -0.05) is 28.1 Å². The second kappa shape index (κ2) is 6.35. The molecule has 0 N–H and O–H groups in total. The Morgan fingerprint density at radius 1 is 1.26 bits per heavy atom. The molecule has 0 bridgehead atoms. The Kier molecular flexibility index (Phi) is 4.77. The highest BCUT2D eigenvalue weighted by Crippen LogP contribution is 2.25. The molecule has 0 saturated heterocycles.